The fourth-order valence-electron chi connectivity index (χ4n) is 7.24. The summed E-state index contributed by atoms with van der Waals surface area (Å²) in [6.45, 7) is 7.51. The van der Waals surface area contributed by atoms with E-state index in [1.54, 1.807) is 6.08 Å². The second-order valence-corrected chi connectivity index (χ2v) is 9.91. The zero-order chi connectivity index (χ0) is 20.3. The normalized spacial score (nSPS) is 44.6. The van der Waals surface area contributed by atoms with Gasteiger partial charge in [-0.05, 0) is 73.3 Å². The van der Waals surface area contributed by atoms with Crippen LogP contribution in [0, 0.1) is 28.6 Å². The Kier molecular flexibility index (Phi) is 4.71. The van der Waals surface area contributed by atoms with Crippen molar-refractivity contribution < 1.29 is 23.9 Å². The largest absolute Gasteiger partial charge is 0.462 e. The van der Waals surface area contributed by atoms with Gasteiger partial charge in [-0.25, -0.2) is 0 Å². The van der Waals surface area contributed by atoms with Gasteiger partial charge < -0.3 is 9.47 Å². The number of esters is 2. The predicted molar refractivity (Wildman–Crippen MR) is 103 cm³/mol. The summed E-state index contributed by atoms with van der Waals surface area (Å²) in [7, 11) is 0. The second-order valence-electron chi connectivity index (χ2n) is 9.91. The molecule has 28 heavy (non-hydrogen) atoms. The predicted octanol–water partition coefficient (Wildman–Crippen LogP) is 3.99. The van der Waals surface area contributed by atoms with Crippen molar-refractivity contribution in [1.82, 2.24) is 0 Å². The van der Waals surface area contributed by atoms with E-state index in [0.29, 0.717) is 24.2 Å². The average molecular weight is 389 g/mol. The maximum atomic E-state index is 12.2. The van der Waals surface area contributed by atoms with Crippen molar-refractivity contribution in [2.24, 2.45) is 28.6 Å². The molecule has 0 unspecified atom stereocenters. The van der Waals surface area contributed by atoms with Crippen LogP contribution >= 0.6 is 0 Å². The molecule has 0 radical (unpaired) electrons. The summed E-state index contributed by atoms with van der Waals surface area (Å²) >= 11 is 0. The summed E-state index contributed by atoms with van der Waals surface area (Å²) in [5.41, 5.74) is 0.950. The van der Waals surface area contributed by atoms with Gasteiger partial charge in [-0.1, -0.05) is 13.8 Å². The van der Waals surface area contributed by atoms with E-state index in [-0.39, 0.29) is 40.8 Å². The Morgan fingerprint density at radius 3 is 2.39 bits per heavy atom. The Morgan fingerprint density at radius 2 is 1.71 bits per heavy atom. The van der Waals surface area contributed by atoms with E-state index >= 15 is 0 Å². The maximum absolute atomic E-state index is 12.2. The zero-order valence-electron chi connectivity index (χ0n) is 17.5. The first-order chi connectivity index (χ1) is 13.1. The minimum atomic E-state index is -0.303. The number of hydrogen-bond donors (Lipinski definition) is 0. The first kappa shape index (κ1) is 19.7. The molecule has 0 N–H and O–H groups in total. The van der Waals surface area contributed by atoms with E-state index in [9.17, 15) is 14.4 Å². The minimum absolute atomic E-state index is 0.00429. The Morgan fingerprint density at radius 1 is 1.00 bits per heavy atom. The van der Waals surface area contributed by atoms with Crippen molar-refractivity contribution in [3.63, 3.8) is 0 Å². The Labute approximate surface area is 167 Å². The fourth-order valence-corrected chi connectivity index (χ4v) is 7.24. The number of rotatable bonds is 2. The number of carbonyl (C=O) groups excluding carboxylic acids is 3. The molecule has 3 saturated carbocycles. The summed E-state index contributed by atoms with van der Waals surface area (Å²) in [6, 6.07) is 0. The number of ketones is 1. The molecule has 0 bridgehead atoms. The standard InChI is InChI=1S/C23H32O5/c1-13(24)27-20-12-16-17-5-6-21(28-14(2)25)23(17,4)10-8-18(16)22(3)9-7-15(26)11-19(20)22/h11,16-18,20-21H,5-10,12H2,1-4H3/t16-,17-,18-,20-,21+,22+,23-/m0/s1. The van der Waals surface area contributed by atoms with Gasteiger partial charge in [-0.2, -0.15) is 0 Å². The van der Waals surface area contributed by atoms with Gasteiger partial charge in [0.25, 0.3) is 0 Å². The molecule has 4 rings (SSSR count). The molecule has 0 spiro atoms. The van der Waals surface area contributed by atoms with Crippen molar-refractivity contribution in [2.45, 2.75) is 84.8 Å². The van der Waals surface area contributed by atoms with E-state index in [4.69, 9.17) is 9.47 Å². The van der Waals surface area contributed by atoms with Crippen LogP contribution in [-0.4, -0.2) is 29.9 Å². The fraction of sp³-hybridized carbons (Fsp3) is 0.783. The first-order valence-corrected chi connectivity index (χ1v) is 10.7. The lowest BCUT2D eigenvalue weighted by Crippen LogP contribution is -2.55. The number of hydrogen-bond acceptors (Lipinski definition) is 5. The van der Waals surface area contributed by atoms with E-state index in [0.717, 1.165) is 44.1 Å². The van der Waals surface area contributed by atoms with E-state index in [1.165, 1.54) is 13.8 Å². The van der Waals surface area contributed by atoms with Gasteiger partial charge in [-0.3, -0.25) is 14.4 Å². The molecule has 0 aliphatic heterocycles. The highest BCUT2D eigenvalue weighted by atomic mass is 16.5. The Balaban J connectivity index is 1.69. The van der Waals surface area contributed by atoms with Crippen molar-refractivity contribution in [3.8, 4) is 0 Å². The molecule has 0 saturated heterocycles. The molecule has 0 aromatic heterocycles. The van der Waals surface area contributed by atoms with Crippen LogP contribution in [0.5, 0.6) is 0 Å². The van der Waals surface area contributed by atoms with Crippen LogP contribution in [0.2, 0.25) is 0 Å². The summed E-state index contributed by atoms with van der Waals surface area (Å²) < 4.78 is 11.5. The monoisotopic (exact) mass is 388 g/mol. The van der Waals surface area contributed by atoms with Crippen LogP contribution in [0.3, 0.4) is 0 Å². The van der Waals surface area contributed by atoms with Crippen molar-refractivity contribution in [3.05, 3.63) is 11.6 Å². The molecule has 0 aromatic carbocycles. The van der Waals surface area contributed by atoms with Crippen LogP contribution in [0.4, 0.5) is 0 Å². The maximum Gasteiger partial charge on any atom is 0.303 e. The van der Waals surface area contributed by atoms with Crippen LogP contribution in [-0.2, 0) is 23.9 Å². The molecule has 7 atom stereocenters. The highest BCUT2D eigenvalue weighted by molar-refractivity contribution is 5.92. The van der Waals surface area contributed by atoms with Gasteiger partial charge in [-0.15, -0.1) is 0 Å². The van der Waals surface area contributed by atoms with Crippen molar-refractivity contribution >= 4 is 17.7 Å². The Bertz CT molecular complexity index is 739. The average Bonchev–Trinajstić information content (AvgIpc) is 2.92. The van der Waals surface area contributed by atoms with Gasteiger partial charge in [0.05, 0.1) is 0 Å². The second kappa shape index (κ2) is 6.70. The molecule has 5 nitrogen and oxygen atoms in total. The highest BCUT2D eigenvalue weighted by Crippen LogP contribution is 2.65. The van der Waals surface area contributed by atoms with Crippen molar-refractivity contribution in [1.29, 1.82) is 0 Å². The summed E-state index contributed by atoms with van der Waals surface area (Å²) in [5.74, 6) is 1.06. The quantitative estimate of drug-likeness (QED) is 0.669. The SMILES string of the molecule is CC(=O)O[C@H]1C[C@H]2[C@@H]3CC[C@@H](OC(C)=O)[C@@]3(C)CC[C@@H]2[C@@]2(C)CCC(=O)C=C12. The topological polar surface area (TPSA) is 69.7 Å². The zero-order valence-corrected chi connectivity index (χ0v) is 17.5. The molecular formula is C23H32O5. The lowest BCUT2D eigenvalue weighted by atomic mass is 9.47. The lowest BCUT2D eigenvalue weighted by molar-refractivity contribution is -0.163. The number of carbonyl (C=O) groups is 3. The summed E-state index contributed by atoms with van der Waals surface area (Å²) in [5, 5.41) is 0. The first-order valence-electron chi connectivity index (χ1n) is 10.7. The van der Waals surface area contributed by atoms with Gasteiger partial charge in [0.15, 0.2) is 5.78 Å². The van der Waals surface area contributed by atoms with Gasteiger partial charge in [0, 0.05) is 25.7 Å². The number of ether oxygens (including phenoxy) is 2. The molecule has 154 valence electrons. The third-order valence-corrected chi connectivity index (χ3v) is 8.48. The summed E-state index contributed by atoms with van der Waals surface area (Å²) in [4.78, 5) is 35.6. The molecule has 4 aliphatic carbocycles. The molecule has 5 heteroatoms. The van der Waals surface area contributed by atoms with Crippen molar-refractivity contribution in [2.75, 3.05) is 0 Å². The van der Waals surface area contributed by atoms with Gasteiger partial charge in [0.1, 0.15) is 12.2 Å². The smallest absolute Gasteiger partial charge is 0.303 e. The Hall–Kier alpha value is -1.65. The van der Waals surface area contributed by atoms with E-state index < -0.39 is 0 Å². The molecule has 0 aromatic rings. The lowest BCUT2D eigenvalue weighted by Gasteiger charge is -2.59. The van der Waals surface area contributed by atoms with Gasteiger partial charge in [0.2, 0.25) is 0 Å². The van der Waals surface area contributed by atoms with E-state index in [1.807, 2.05) is 0 Å². The van der Waals surface area contributed by atoms with Crippen LogP contribution in [0.15, 0.2) is 11.6 Å². The molecule has 4 aliphatic rings. The highest BCUT2D eigenvalue weighted by Gasteiger charge is 2.61. The minimum Gasteiger partial charge on any atom is -0.462 e. The van der Waals surface area contributed by atoms with Crippen LogP contribution in [0.25, 0.3) is 0 Å². The van der Waals surface area contributed by atoms with Crippen LogP contribution < -0.4 is 0 Å². The molecular weight excluding hydrogens is 356 g/mol. The molecule has 0 heterocycles. The van der Waals surface area contributed by atoms with Crippen LogP contribution in [0.1, 0.15) is 72.6 Å². The van der Waals surface area contributed by atoms with E-state index in [2.05, 4.69) is 13.8 Å². The molecule has 3 fully saturated rings. The summed E-state index contributed by atoms with van der Waals surface area (Å²) in [6.07, 6.45) is 7.75. The number of fused-ring (bicyclic) bond motifs is 5. The third-order valence-electron chi connectivity index (χ3n) is 8.48. The third kappa shape index (κ3) is 2.93. The van der Waals surface area contributed by atoms with Gasteiger partial charge >= 0.3 is 11.9 Å². The molecule has 0 amide bonds.